The standard InChI is InChI=1S/C16H23NO/c1-12-5-7-14-10-13(6-8-16(14)18-12)11-15-4-2-3-9-17-15/h6,8,10,12,15,17H,2-5,7,9,11H2,1H3. The van der Waals surface area contributed by atoms with Gasteiger partial charge in [0, 0.05) is 6.04 Å². The third-order valence-corrected chi connectivity index (χ3v) is 4.17. The van der Waals surface area contributed by atoms with Gasteiger partial charge in [0.05, 0.1) is 6.10 Å². The molecule has 1 saturated heterocycles. The number of benzene rings is 1. The quantitative estimate of drug-likeness (QED) is 0.864. The molecule has 18 heavy (non-hydrogen) atoms. The summed E-state index contributed by atoms with van der Waals surface area (Å²) in [5.41, 5.74) is 2.87. The zero-order valence-electron chi connectivity index (χ0n) is 11.2. The smallest absolute Gasteiger partial charge is 0.122 e. The topological polar surface area (TPSA) is 21.3 Å². The molecular weight excluding hydrogens is 222 g/mol. The largest absolute Gasteiger partial charge is 0.490 e. The van der Waals surface area contributed by atoms with Crippen molar-refractivity contribution < 1.29 is 4.74 Å². The highest BCUT2D eigenvalue weighted by molar-refractivity contribution is 5.39. The van der Waals surface area contributed by atoms with E-state index in [0.717, 1.165) is 12.2 Å². The Bertz CT molecular complexity index is 410. The molecule has 0 spiro atoms. The van der Waals surface area contributed by atoms with Crippen molar-refractivity contribution >= 4 is 0 Å². The molecule has 1 aromatic rings. The van der Waals surface area contributed by atoms with Crippen LogP contribution in [0.4, 0.5) is 0 Å². The lowest BCUT2D eigenvalue weighted by molar-refractivity contribution is 0.192. The van der Waals surface area contributed by atoms with E-state index in [-0.39, 0.29) is 0 Å². The number of hydrogen-bond acceptors (Lipinski definition) is 2. The Hall–Kier alpha value is -1.02. The molecule has 2 nitrogen and oxygen atoms in total. The van der Waals surface area contributed by atoms with Gasteiger partial charge in [0.25, 0.3) is 0 Å². The third kappa shape index (κ3) is 2.69. The predicted molar refractivity (Wildman–Crippen MR) is 74.2 cm³/mol. The van der Waals surface area contributed by atoms with Gasteiger partial charge < -0.3 is 10.1 Å². The van der Waals surface area contributed by atoms with Crippen LogP contribution in [0.15, 0.2) is 18.2 Å². The maximum absolute atomic E-state index is 5.86. The van der Waals surface area contributed by atoms with Crippen LogP contribution in [0.2, 0.25) is 0 Å². The van der Waals surface area contributed by atoms with Crippen molar-refractivity contribution in [1.29, 1.82) is 0 Å². The molecule has 0 aromatic heterocycles. The Morgan fingerprint density at radius 2 is 2.22 bits per heavy atom. The number of piperidine rings is 1. The first-order valence-electron chi connectivity index (χ1n) is 7.33. The van der Waals surface area contributed by atoms with E-state index in [4.69, 9.17) is 4.74 Å². The van der Waals surface area contributed by atoms with Crippen LogP contribution in [0.5, 0.6) is 5.75 Å². The van der Waals surface area contributed by atoms with E-state index in [2.05, 4.69) is 30.4 Å². The molecule has 2 atom stereocenters. The van der Waals surface area contributed by atoms with Crippen LogP contribution in [0.1, 0.15) is 43.7 Å². The molecule has 0 radical (unpaired) electrons. The van der Waals surface area contributed by atoms with Crippen molar-refractivity contribution in [2.24, 2.45) is 0 Å². The Morgan fingerprint density at radius 3 is 3.06 bits per heavy atom. The highest BCUT2D eigenvalue weighted by atomic mass is 16.5. The Labute approximate surface area is 110 Å². The van der Waals surface area contributed by atoms with Gasteiger partial charge in [0.2, 0.25) is 0 Å². The molecule has 1 aromatic carbocycles. The van der Waals surface area contributed by atoms with Gasteiger partial charge in [0.15, 0.2) is 0 Å². The van der Waals surface area contributed by atoms with Gasteiger partial charge in [0.1, 0.15) is 5.75 Å². The molecule has 0 bridgehead atoms. The van der Waals surface area contributed by atoms with E-state index in [9.17, 15) is 0 Å². The normalized spacial score (nSPS) is 27.4. The Kier molecular flexibility index (Phi) is 3.55. The van der Waals surface area contributed by atoms with Crippen LogP contribution in [0, 0.1) is 0 Å². The lowest BCUT2D eigenvalue weighted by Gasteiger charge is -2.26. The summed E-state index contributed by atoms with van der Waals surface area (Å²) in [4.78, 5) is 0. The molecule has 2 aliphatic rings. The first-order chi connectivity index (χ1) is 8.81. The van der Waals surface area contributed by atoms with E-state index in [0.29, 0.717) is 12.1 Å². The van der Waals surface area contributed by atoms with E-state index in [1.807, 2.05) is 0 Å². The minimum Gasteiger partial charge on any atom is -0.490 e. The minimum atomic E-state index is 0.378. The maximum atomic E-state index is 5.86. The summed E-state index contributed by atoms with van der Waals surface area (Å²) in [6.45, 7) is 3.35. The number of aryl methyl sites for hydroxylation is 1. The summed E-state index contributed by atoms with van der Waals surface area (Å²) in [5.74, 6) is 1.11. The highest BCUT2D eigenvalue weighted by Crippen LogP contribution is 2.29. The Morgan fingerprint density at radius 1 is 1.28 bits per heavy atom. The number of rotatable bonds is 2. The number of hydrogen-bond donors (Lipinski definition) is 1. The lowest BCUT2D eigenvalue weighted by Crippen LogP contribution is -2.35. The second kappa shape index (κ2) is 5.31. The second-order valence-electron chi connectivity index (χ2n) is 5.76. The molecule has 1 fully saturated rings. The molecule has 98 valence electrons. The molecular formula is C16H23NO. The van der Waals surface area contributed by atoms with E-state index in [1.54, 1.807) is 0 Å². The summed E-state index contributed by atoms with van der Waals surface area (Å²) >= 11 is 0. The van der Waals surface area contributed by atoms with Crippen molar-refractivity contribution in [2.45, 2.75) is 57.6 Å². The van der Waals surface area contributed by atoms with E-state index >= 15 is 0 Å². The average Bonchev–Trinajstić information content (AvgIpc) is 2.40. The van der Waals surface area contributed by atoms with Gasteiger partial charge in [-0.1, -0.05) is 18.6 Å². The van der Waals surface area contributed by atoms with Gasteiger partial charge in [-0.05, 0) is 62.8 Å². The van der Waals surface area contributed by atoms with Gasteiger partial charge in [-0.15, -0.1) is 0 Å². The number of nitrogens with one attached hydrogen (secondary N) is 1. The van der Waals surface area contributed by atoms with Crippen LogP contribution >= 0.6 is 0 Å². The molecule has 0 saturated carbocycles. The molecule has 2 aliphatic heterocycles. The summed E-state index contributed by atoms with van der Waals surface area (Å²) < 4.78 is 5.86. The summed E-state index contributed by atoms with van der Waals surface area (Å²) in [5, 5.41) is 3.62. The fourth-order valence-corrected chi connectivity index (χ4v) is 3.09. The number of ether oxygens (including phenoxy) is 1. The zero-order chi connectivity index (χ0) is 12.4. The van der Waals surface area contributed by atoms with Crippen LogP contribution in [-0.4, -0.2) is 18.7 Å². The van der Waals surface area contributed by atoms with Crippen LogP contribution in [-0.2, 0) is 12.8 Å². The number of fused-ring (bicyclic) bond motifs is 1. The minimum absolute atomic E-state index is 0.378. The van der Waals surface area contributed by atoms with Crippen molar-refractivity contribution in [3.05, 3.63) is 29.3 Å². The molecule has 0 amide bonds. The zero-order valence-corrected chi connectivity index (χ0v) is 11.2. The first-order valence-corrected chi connectivity index (χ1v) is 7.33. The fraction of sp³-hybridized carbons (Fsp3) is 0.625. The summed E-state index contributed by atoms with van der Waals surface area (Å²) in [7, 11) is 0. The van der Waals surface area contributed by atoms with E-state index < -0.39 is 0 Å². The van der Waals surface area contributed by atoms with Gasteiger partial charge in [-0.2, -0.15) is 0 Å². The van der Waals surface area contributed by atoms with E-state index in [1.165, 1.54) is 49.8 Å². The van der Waals surface area contributed by atoms with Gasteiger partial charge >= 0.3 is 0 Å². The second-order valence-corrected chi connectivity index (χ2v) is 5.76. The summed E-state index contributed by atoms with van der Waals surface area (Å²) in [6, 6.07) is 7.45. The van der Waals surface area contributed by atoms with Crippen molar-refractivity contribution in [3.63, 3.8) is 0 Å². The molecule has 1 N–H and O–H groups in total. The van der Waals surface area contributed by atoms with Crippen molar-refractivity contribution in [1.82, 2.24) is 5.32 Å². The SMILES string of the molecule is CC1CCc2cc(CC3CCCCN3)ccc2O1. The van der Waals surface area contributed by atoms with Crippen LogP contribution in [0.25, 0.3) is 0 Å². The summed E-state index contributed by atoms with van der Waals surface area (Å²) in [6.07, 6.45) is 7.91. The molecule has 0 aliphatic carbocycles. The van der Waals surface area contributed by atoms with Crippen LogP contribution in [0.3, 0.4) is 0 Å². The van der Waals surface area contributed by atoms with Crippen molar-refractivity contribution in [2.75, 3.05) is 6.54 Å². The fourth-order valence-electron chi connectivity index (χ4n) is 3.09. The third-order valence-electron chi connectivity index (χ3n) is 4.17. The van der Waals surface area contributed by atoms with Gasteiger partial charge in [-0.3, -0.25) is 0 Å². The predicted octanol–water partition coefficient (Wildman–Crippen LogP) is 3.08. The first kappa shape index (κ1) is 12.0. The lowest BCUT2D eigenvalue weighted by atomic mass is 9.94. The maximum Gasteiger partial charge on any atom is 0.122 e. The monoisotopic (exact) mass is 245 g/mol. The highest BCUT2D eigenvalue weighted by Gasteiger charge is 2.18. The average molecular weight is 245 g/mol. The molecule has 2 heteroatoms. The molecule has 2 unspecified atom stereocenters. The van der Waals surface area contributed by atoms with Gasteiger partial charge in [-0.25, -0.2) is 0 Å². The Balaban J connectivity index is 1.69. The molecule has 2 heterocycles. The van der Waals surface area contributed by atoms with Crippen LogP contribution < -0.4 is 10.1 Å². The molecule has 3 rings (SSSR count). The van der Waals surface area contributed by atoms with Crippen molar-refractivity contribution in [3.8, 4) is 5.75 Å².